The van der Waals surface area contributed by atoms with Gasteiger partial charge in [-0.3, -0.25) is 4.90 Å². The highest BCUT2D eigenvalue weighted by molar-refractivity contribution is 5.40. The Kier molecular flexibility index (Phi) is 3.17. The van der Waals surface area contributed by atoms with Gasteiger partial charge in [-0.2, -0.15) is 0 Å². The number of aryl methyl sites for hydroxylation is 2. The van der Waals surface area contributed by atoms with Crippen LogP contribution < -0.4 is 0 Å². The van der Waals surface area contributed by atoms with Crippen molar-refractivity contribution < 1.29 is 10.2 Å². The summed E-state index contributed by atoms with van der Waals surface area (Å²) >= 11 is 0. The van der Waals surface area contributed by atoms with Gasteiger partial charge in [-0.25, -0.2) is 0 Å². The summed E-state index contributed by atoms with van der Waals surface area (Å²) in [6.07, 6.45) is 0.863. The summed E-state index contributed by atoms with van der Waals surface area (Å²) in [5, 5.41) is 18.7. The van der Waals surface area contributed by atoms with Crippen molar-refractivity contribution in [2.75, 3.05) is 19.6 Å². The molecule has 0 radical (unpaired) electrons. The molecule has 0 amide bonds. The molecule has 0 aromatic heterocycles. The number of β-amino-alcohol motifs (C(OH)–C–C–N with tert-alkyl or cyclic N) is 1. The monoisotopic (exact) mass is 221 g/mol. The van der Waals surface area contributed by atoms with Gasteiger partial charge in [0.05, 0.1) is 6.10 Å². The van der Waals surface area contributed by atoms with E-state index < -0.39 is 0 Å². The third-order valence-corrected chi connectivity index (χ3v) is 3.29. The lowest BCUT2D eigenvalue weighted by Crippen LogP contribution is -2.51. The molecule has 1 aromatic rings. The fraction of sp³-hybridized carbons (Fsp3) is 0.538. The lowest BCUT2D eigenvalue weighted by Gasteiger charge is -2.35. The Morgan fingerprint density at radius 3 is 2.56 bits per heavy atom. The molecule has 1 fully saturated rings. The molecule has 0 spiro atoms. The summed E-state index contributed by atoms with van der Waals surface area (Å²) in [5.41, 5.74) is 3.37. The lowest BCUT2D eigenvalue weighted by molar-refractivity contribution is 0.00309. The van der Waals surface area contributed by atoms with Crippen LogP contribution >= 0.6 is 0 Å². The Balaban J connectivity index is 1.96. The molecule has 2 rings (SSSR count). The minimum Gasteiger partial charge on any atom is -0.508 e. The second-order valence-corrected chi connectivity index (χ2v) is 4.73. The van der Waals surface area contributed by atoms with Gasteiger partial charge in [0.2, 0.25) is 0 Å². The Morgan fingerprint density at radius 1 is 1.25 bits per heavy atom. The van der Waals surface area contributed by atoms with Gasteiger partial charge in [-0.15, -0.1) is 0 Å². The van der Waals surface area contributed by atoms with Crippen molar-refractivity contribution in [1.82, 2.24) is 4.90 Å². The van der Waals surface area contributed by atoms with Crippen LogP contribution in [0.5, 0.6) is 5.75 Å². The van der Waals surface area contributed by atoms with Gasteiger partial charge in [-0.05, 0) is 43.0 Å². The highest BCUT2D eigenvalue weighted by Gasteiger charge is 2.23. The third-order valence-electron chi connectivity index (χ3n) is 3.29. The highest BCUT2D eigenvalue weighted by Crippen LogP contribution is 2.22. The largest absolute Gasteiger partial charge is 0.508 e. The van der Waals surface area contributed by atoms with Crippen molar-refractivity contribution in [2.45, 2.75) is 26.4 Å². The maximum atomic E-state index is 9.55. The van der Waals surface area contributed by atoms with Crippen molar-refractivity contribution in [1.29, 1.82) is 0 Å². The van der Waals surface area contributed by atoms with E-state index in [0.717, 1.165) is 37.2 Å². The molecule has 1 aliphatic rings. The maximum Gasteiger partial charge on any atom is 0.118 e. The first kappa shape index (κ1) is 11.4. The first-order chi connectivity index (χ1) is 7.56. The van der Waals surface area contributed by atoms with Gasteiger partial charge in [-0.1, -0.05) is 6.07 Å². The highest BCUT2D eigenvalue weighted by atomic mass is 16.3. The number of phenolic OH excluding ortho intramolecular Hbond substituents is 1. The fourth-order valence-electron chi connectivity index (χ4n) is 2.13. The Bertz CT molecular complexity index is 384. The molecule has 0 bridgehead atoms. The number of phenols is 1. The normalized spacial score (nSPS) is 17.4. The van der Waals surface area contributed by atoms with Gasteiger partial charge in [0.15, 0.2) is 0 Å². The summed E-state index contributed by atoms with van der Waals surface area (Å²) in [7, 11) is 0. The van der Waals surface area contributed by atoms with Crippen molar-refractivity contribution in [2.24, 2.45) is 0 Å². The second-order valence-electron chi connectivity index (χ2n) is 4.73. The summed E-state index contributed by atoms with van der Waals surface area (Å²) in [5.74, 6) is 0.376. The number of aromatic hydroxyl groups is 1. The third kappa shape index (κ3) is 2.36. The van der Waals surface area contributed by atoms with Crippen LogP contribution in [0.4, 0.5) is 0 Å². The van der Waals surface area contributed by atoms with Crippen LogP contribution in [0.2, 0.25) is 0 Å². The average molecular weight is 221 g/mol. The van der Waals surface area contributed by atoms with Gasteiger partial charge < -0.3 is 10.2 Å². The van der Waals surface area contributed by atoms with E-state index in [0.29, 0.717) is 5.75 Å². The Morgan fingerprint density at radius 2 is 1.94 bits per heavy atom. The lowest BCUT2D eigenvalue weighted by atomic mass is 10.0. The molecular formula is C13H19NO2. The molecule has 0 saturated carbocycles. The number of aliphatic hydroxyl groups excluding tert-OH is 1. The summed E-state index contributed by atoms with van der Waals surface area (Å²) in [4.78, 5) is 2.24. The van der Waals surface area contributed by atoms with Crippen LogP contribution in [0, 0.1) is 13.8 Å². The zero-order valence-electron chi connectivity index (χ0n) is 9.90. The SMILES string of the molecule is Cc1cc(CCN2CC(O)C2)c(C)cc1O. The molecule has 0 atom stereocenters. The van der Waals surface area contributed by atoms with Crippen LogP contribution in [-0.2, 0) is 6.42 Å². The van der Waals surface area contributed by atoms with Crippen LogP contribution in [-0.4, -0.2) is 40.9 Å². The number of hydrogen-bond acceptors (Lipinski definition) is 3. The van der Waals surface area contributed by atoms with Gasteiger partial charge in [0, 0.05) is 19.6 Å². The molecular weight excluding hydrogens is 202 g/mol. The van der Waals surface area contributed by atoms with Crippen molar-refractivity contribution in [3.05, 3.63) is 28.8 Å². The summed E-state index contributed by atoms with van der Waals surface area (Å²) < 4.78 is 0. The van der Waals surface area contributed by atoms with E-state index >= 15 is 0 Å². The zero-order chi connectivity index (χ0) is 11.7. The molecule has 1 heterocycles. The van der Waals surface area contributed by atoms with E-state index in [4.69, 9.17) is 0 Å². The molecule has 1 aliphatic heterocycles. The molecule has 3 nitrogen and oxygen atoms in total. The first-order valence-electron chi connectivity index (χ1n) is 5.76. The van der Waals surface area contributed by atoms with Crippen LogP contribution in [0.15, 0.2) is 12.1 Å². The second kappa shape index (κ2) is 4.44. The summed E-state index contributed by atoms with van der Waals surface area (Å²) in [6.45, 7) is 6.54. The van der Waals surface area contributed by atoms with Gasteiger partial charge in [0.1, 0.15) is 5.75 Å². The fourth-order valence-corrected chi connectivity index (χ4v) is 2.13. The van der Waals surface area contributed by atoms with E-state index in [1.165, 1.54) is 5.56 Å². The van der Waals surface area contributed by atoms with E-state index in [-0.39, 0.29) is 6.10 Å². The predicted molar refractivity (Wildman–Crippen MR) is 63.7 cm³/mol. The number of likely N-dealkylation sites (tertiary alicyclic amines) is 1. The molecule has 3 heteroatoms. The van der Waals surface area contributed by atoms with Crippen LogP contribution in [0.25, 0.3) is 0 Å². The quantitative estimate of drug-likeness (QED) is 0.807. The average Bonchev–Trinajstić information content (AvgIpc) is 2.18. The Hall–Kier alpha value is -1.06. The molecule has 2 N–H and O–H groups in total. The predicted octanol–water partition coefficient (Wildman–Crippen LogP) is 1.23. The number of hydrogen-bond donors (Lipinski definition) is 2. The molecule has 88 valence electrons. The van der Waals surface area contributed by atoms with Crippen molar-refractivity contribution >= 4 is 0 Å². The maximum absolute atomic E-state index is 9.55. The van der Waals surface area contributed by atoms with Crippen molar-refractivity contribution in [3.63, 3.8) is 0 Å². The minimum atomic E-state index is -0.123. The summed E-state index contributed by atoms with van der Waals surface area (Å²) in [6, 6.07) is 3.89. The molecule has 1 saturated heterocycles. The van der Waals surface area contributed by atoms with Gasteiger partial charge >= 0.3 is 0 Å². The number of nitrogens with zero attached hydrogens (tertiary/aromatic N) is 1. The van der Waals surface area contributed by atoms with E-state index in [1.807, 2.05) is 19.9 Å². The number of benzene rings is 1. The molecule has 0 aliphatic carbocycles. The van der Waals surface area contributed by atoms with Crippen LogP contribution in [0.3, 0.4) is 0 Å². The molecule has 0 unspecified atom stereocenters. The standard InChI is InChI=1S/C13H19NO2/c1-9-6-13(16)10(2)5-11(9)3-4-14-7-12(15)8-14/h5-6,12,15-16H,3-4,7-8H2,1-2H3. The molecule has 16 heavy (non-hydrogen) atoms. The zero-order valence-corrected chi connectivity index (χ0v) is 9.90. The van der Waals surface area contributed by atoms with E-state index in [9.17, 15) is 10.2 Å². The first-order valence-corrected chi connectivity index (χ1v) is 5.76. The minimum absolute atomic E-state index is 0.123. The van der Waals surface area contributed by atoms with Gasteiger partial charge in [0.25, 0.3) is 0 Å². The van der Waals surface area contributed by atoms with Crippen molar-refractivity contribution in [3.8, 4) is 5.75 Å². The number of rotatable bonds is 3. The van der Waals surface area contributed by atoms with E-state index in [1.54, 1.807) is 0 Å². The van der Waals surface area contributed by atoms with E-state index in [2.05, 4.69) is 11.0 Å². The molecule has 1 aromatic carbocycles. The topological polar surface area (TPSA) is 43.7 Å². The smallest absolute Gasteiger partial charge is 0.118 e. The van der Waals surface area contributed by atoms with Crippen LogP contribution in [0.1, 0.15) is 16.7 Å². The Labute approximate surface area is 96.3 Å². The number of aliphatic hydroxyl groups is 1.